The summed E-state index contributed by atoms with van der Waals surface area (Å²) in [5.41, 5.74) is 3.46. The van der Waals surface area contributed by atoms with Crippen molar-refractivity contribution in [3.05, 3.63) is 40.8 Å². The Kier molecular flexibility index (Phi) is 7.51. The number of nitrogens with zero attached hydrogens (tertiary/aromatic N) is 2. The molecule has 4 rings (SSSR count). The van der Waals surface area contributed by atoms with Gasteiger partial charge in [0.2, 0.25) is 5.91 Å². The Balaban J connectivity index is 1.57. The molecule has 0 fully saturated rings. The molecule has 1 atom stereocenters. The van der Waals surface area contributed by atoms with Crippen molar-refractivity contribution in [2.75, 3.05) is 23.9 Å². The van der Waals surface area contributed by atoms with Crippen LogP contribution in [0.3, 0.4) is 0 Å². The summed E-state index contributed by atoms with van der Waals surface area (Å²) in [4.78, 5) is 25.1. The van der Waals surface area contributed by atoms with E-state index in [0.29, 0.717) is 60.2 Å². The van der Waals surface area contributed by atoms with Crippen LogP contribution in [0.5, 0.6) is 5.75 Å². The highest BCUT2D eigenvalue weighted by Crippen LogP contribution is 2.37. The molecular weight excluding hydrogens is 490 g/mol. The summed E-state index contributed by atoms with van der Waals surface area (Å²) in [5.74, 6) is 1.05. The van der Waals surface area contributed by atoms with Crippen molar-refractivity contribution < 1.29 is 17.9 Å². The van der Waals surface area contributed by atoms with Gasteiger partial charge in [0.05, 0.1) is 22.9 Å². The molecule has 3 N–H and O–H groups in total. The van der Waals surface area contributed by atoms with Crippen molar-refractivity contribution in [3.63, 3.8) is 0 Å². The number of aryl methyl sites for hydroxylation is 1. The second-order valence-electron chi connectivity index (χ2n) is 9.17. The van der Waals surface area contributed by atoms with Crippen LogP contribution < -0.4 is 15.4 Å². The number of ether oxygens (including phenoxy) is 1. The molecule has 0 saturated heterocycles. The highest BCUT2D eigenvalue weighted by Gasteiger charge is 2.29. The van der Waals surface area contributed by atoms with Crippen LogP contribution in [0.15, 0.2) is 24.5 Å². The minimum absolute atomic E-state index is 0.0149. The number of aromatic nitrogens is 3. The quantitative estimate of drug-likeness (QED) is 0.367. The van der Waals surface area contributed by atoms with Gasteiger partial charge in [0.25, 0.3) is 0 Å². The van der Waals surface area contributed by atoms with Gasteiger partial charge in [0.15, 0.2) is 0 Å². The second kappa shape index (κ2) is 10.4. The van der Waals surface area contributed by atoms with E-state index in [9.17, 15) is 13.2 Å². The van der Waals surface area contributed by atoms with Crippen molar-refractivity contribution >= 4 is 49.9 Å². The zero-order chi connectivity index (χ0) is 25.2. The van der Waals surface area contributed by atoms with E-state index in [4.69, 9.17) is 16.3 Å². The maximum Gasteiger partial charge on any atom is 0.223 e. The van der Waals surface area contributed by atoms with E-state index in [1.807, 2.05) is 19.9 Å². The van der Waals surface area contributed by atoms with Crippen molar-refractivity contribution in [3.8, 4) is 5.75 Å². The molecule has 2 heterocycles. The maximum absolute atomic E-state index is 12.8. The molecule has 2 aromatic heterocycles. The third kappa shape index (κ3) is 6.24. The summed E-state index contributed by atoms with van der Waals surface area (Å²) in [6.45, 7) is 4.25. The molecular formula is C24H30ClN5O4S. The van der Waals surface area contributed by atoms with Crippen LogP contribution in [0.25, 0.3) is 11.0 Å². The van der Waals surface area contributed by atoms with E-state index in [0.717, 1.165) is 16.6 Å². The summed E-state index contributed by atoms with van der Waals surface area (Å²) in [6, 6.07) is 5.39. The standard InChI is InChI=1S/C24H30ClN5O4S/c1-14(2)34-20-8-6-16(25)12-19(20)30-23-21-17-11-15(24(31)26-9-4-10-35(3,32)33)5-7-18(17)29-22(21)27-13-28-23/h6,8,12-15H,4-5,7,9-11H2,1-3H3,(H,26,31)(H2,27,28,29,30). The van der Waals surface area contributed by atoms with Crippen LogP contribution in [-0.4, -0.2) is 53.9 Å². The molecule has 188 valence electrons. The third-order valence-corrected chi connectivity index (χ3v) is 7.16. The SMILES string of the molecule is CC(C)Oc1ccc(Cl)cc1Nc1ncnc2[nH]c3c(c12)CC(C(=O)NCCCS(C)(=O)=O)CC3. The average Bonchev–Trinajstić information content (AvgIpc) is 3.16. The molecule has 0 aliphatic heterocycles. The lowest BCUT2D eigenvalue weighted by atomic mass is 9.86. The van der Waals surface area contributed by atoms with Crippen molar-refractivity contribution in [1.29, 1.82) is 0 Å². The number of anilines is 2. The van der Waals surface area contributed by atoms with E-state index in [1.165, 1.54) is 12.6 Å². The number of fused-ring (bicyclic) bond motifs is 3. The fourth-order valence-corrected chi connectivity index (χ4v) is 5.17. The first-order valence-electron chi connectivity index (χ1n) is 11.6. The number of H-pyrrole nitrogens is 1. The molecule has 35 heavy (non-hydrogen) atoms. The highest BCUT2D eigenvalue weighted by atomic mass is 35.5. The van der Waals surface area contributed by atoms with Gasteiger partial charge in [-0.3, -0.25) is 4.79 Å². The van der Waals surface area contributed by atoms with Crippen LogP contribution >= 0.6 is 11.6 Å². The average molecular weight is 520 g/mol. The Morgan fingerprint density at radius 1 is 1.31 bits per heavy atom. The zero-order valence-electron chi connectivity index (χ0n) is 20.0. The molecule has 1 aromatic carbocycles. The lowest BCUT2D eigenvalue weighted by molar-refractivity contribution is -0.125. The number of sulfone groups is 1. The Bertz CT molecular complexity index is 1340. The minimum atomic E-state index is -3.04. The van der Waals surface area contributed by atoms with Crippen molar-refractivity contribution in [2.24, 2.45) is 5.92 Å². The molecule has 0 bridgehead atoms. The van der Waals surface area contributed by atoms with Crippen LogP contribution in [0.2, 0.25) is 5.02 Å². The van der Waals surface area contributed by atoms with Gasteiger partial charge in [-0.25, -0.2) is 18.4 Å². The molecule has 1 unspecified atom stereocenters. The number of hydrogen-bond donors (Lipinski definition) is 3. The minimum Gasteiger partial charge on any atom is -0.489 e. The first-order valence-corrected chi connectivity index (χ1v) is 14.1. The second-order valence-corrected chi connectivity index (χ2v) is 11.9. The van der Waals surface area contributed by atoms with E-state index in [2.05, 4.69) is 25.6 Å². The summed E-state index contributed by atoms with van der Waals surface area (Å²) >= 11 is 6.25. The molecule has 0 spiro atoms. The van der Waals surface area contributed by atoms with Crippen molar-refractivity contribution in [1.82, 2.24) is 20.3 Å². The fraction of sp³-hybridized carbons (Fsp3) is 0.458. The van der Waals surface area contributed by atoms with Gasteiger partial charge < -0.3 is 20.4 Å². The number of aromatic amines is 1. The third-order valence-electron chi connectivity index (χ3n) is 5.90. The number of carbonyl (C=O) groups excluding carboxylic acids is 1. The summed E-state index contributed by atoms with van der Waals surface area (Å²) in [5, 5.41) is 7.66. The molecule has 0 saturated carbocycles. The number of carbonyl (C=O) groups is 1. The van der Waals surface area contributed by atoms with E-state index >= 15 is 0 Å². The Morgan fingerprint density at radius 3 is 2.86 bits per heavy atom. The Morgan fingerprint density at radius 2 is 2.11 bits per heavy atom. The highest BCUT2D eigenvalue weighted by molar-refractivity contribution is 7.90. The van der Waals surface area contributed by atoms with Gasteiger partial charge in [-0.05, 0) is 63.3 Å². The van der Waals surface area contributed by atoms with Gasteiger partial charge in [0, 0.05) is 29.4 Å². The van der Waals surface area contributed by atoms with Crippen LogP contribution in [0.4, 0.5) is 11.5 Å². The van der Waals surface area contributed by atoms with E-state index in [1.54, 1.807) is 12.1 Å². The summed E-state index contributed by atoms with van der Waals surface area (Å²) < 4.78 is 28.6. The summed E-state index contributed by atoms with van der Waals surface area (Å²) in [6.07, 6.45) is 5.03. The number of amides is 1. The molecule has 1 amide bonds. The molecule has 3 aromatic rings. The van der Waals surface area contributed by atoms with Gasteiger partial charge in [-0.2, -0.15) is 0 Å². The predicted molar refractivity (Wildman–Crippen MR) is 137 cm³/mol. The molecule has 1 aliphatic rings. The largest absolute Gasteiger partial charge is 0.489 e. The molecule has 9 nitrogen and oxygen atoms in total. The van der Waals surface area contributed by atoms with Crippen LogP contribution in [0, 0.1) is 5.92 Å². The number of halogens is 1. The number of hydrogen-bond acceptors (Lipinski definition) is 7. The van der Waals surface area contributed by atoms with Crippen LogP contribution in [-0.2, 0) is 27.5 Å². The first kappa shape index (κ1) is 25.2. The van der Waals surface area contributed by atoms with Crippen LogP contribution in [0.1, 0.15) is 37.9 Å². The maximum atomic E-state index is 12.8. The first-order chi connectivity index (χ1) is 16.6. The predicted octanol–water partition coefficient (Wildman–Crippen LogP) is 3.80. The zero-order valence-corrected chi connectivity index (χ0v) is 21.6. The van der Waals surface area contributed by atoms with E-state index in [-0.39, 0.29) is 23.7 Å². The van der Waals surface area contributed by atoms with Gasteiger partial charge >= 0.3 is 0 Å². The molecule has 1 aliphatic carbocycles. The lowest BCUT2D eigenvalue weighted by Gasteiger charge is -2.22. The normalized spacial score (nSPS) is 15.7. The fourth-order valence-electron chi connectivity index (χ4n) is 4.33. The van der Waals surface area contributed by atoms with E-state index < -0.39 is 9.84 Å². The Hall–Kier alpha value is -2.85. The number of rotatable bonds is 9. The van der Waals surface area contributed by atoms with Gasteiger partial charge in [0.1, 0.15) is 33.4 Å². The van der Waals surface area contributed by atoms with Crippen molar-refractivity contribution in [2.45, 2.75) is 45.6 Å². The Labute approximate surface area is 209 Å². The molecule has 11 heteroatoms. The number of benzene rings is 1. The topological polar surface area (TPSA) is 126 Å². The monoisotopic (exact) mass is 519 g/mol. The molecule has 0 radical (unpaired) electrons. The lowest BCUT2D eigenvalue weighted by Crippen LogP contribution is -2.35. The van der Waals surface area contributed by atoms with Gasteiger partial charge in [-0.15, -0.1) is 0 Å². The smallest absolute Gasteiger partial charge is 0.223 e. The number of nitrogens with one attached hydrogen (secondary N) is 3. The van der Waals surface area contributed by atoms with Gasteiger partial charge in [-0.1, -0.05) is 11.6 Å². The summed E-state index contributed by atoms with van der Waals surface area (Å²) in [7, 11) is -3.04.